The molecule has 1 amide bonds. The van der Waals surface area contributed by atoms with E-state index in [1.54, 1.807) is 31.4 Å². The number of anilines is 1. The average Bonchev–Trinajstić information content (AvgIpc) is 2.73. The highest BCUT2D eigenvalue weighted by atomic mass is 79.9. The number of carbonyl (C=O) groups excluding carboxylic acids is 1. The number of halogens is 1. The first kappa shape index (κ1) is 21.9. The summed E-state index contributed by atoms with van der Waals surface area (Å²) in [6.45, 7) is 0.680. The molecule has 6 nitrogen and oxygen atoms in total. The van der Waals surface area contributed by atoms with E-state index in [0.29, 0.717) is 35.1 Å². The monoisotopic (exact) mass is 451 g/mol. The maximum Gasteiger partial charge on any atom is 0.263 e. The Labute approximate surface area is 174 Å². The van der Waals surface area contributed by atoms with Crippen LogP contribution in [0.4, 0.5) is 5.69 Å². The third-order valence-corrected chi connectivity index (χ3v) is 4.66. The highest BCUT2D eigenvalue weighted by Gasteiger charge is 2.20. The van der Waals surface area contributed by atoms with Crippen LogP contribution in [0.15, 0.2) is 36.4 Å². The van der Waals surface area contributed by atoms with Gasteiger partial charge in [-0.3, -0.25) is 4.79 Å². The van der Waals surface area contributed by atoms with E-state index < -0.39 is 0 Å². The summed E-state index contributed by atoms with van der Waals surface area (Å²) in [5, 5.41) is 3.87. The van der Waals surface area contributed by atoms with Crippen LogP contribution in [0.1, 0.15) is 29.6 Å². The smallest absolute Gasteiger partial charge is 0.263 e. The van der Waals surface area contributed by atoms with Gasteiger partial charge in [-0.05, 0) is 43.5 Å². The Balaban J connectivity index is 2.04. The Morgan fingerprint density at radius 2 is 1.54 bits per heavy atom. The van der Waals surface area contributed by atoms with Crippen LogP contribution in [0.5, 0.6) is 23.0 Å². The van der Waals surface area contributed by atoms with Gasteiger partial charge in [-0.25, -0.2) is 0 Å². The summed E-state index contributed by atoms with van der Waals surface area (Å²) in [6.07, 6.45) is 3.29. The zero-order valence-electron chi connectivity index (χ0n) is 16.4. The molecule has 0 aliphatic heterocycles. The van der Waals surface area contributed by atoms with Crippen molar-refractivity contribution in [2.24, 2.45) is 0 Å². The average molecular weight is 452 g/mol. The molecule has 0 aliphatic rings. The van der Waals surface area contributed by atoms with Crippen molar-refractivity contribution in [1.29, 1.82) is 0 Å². The Morgan fingerprint density at radius 3 is 2.07 bits per heavy atom. The molecule has 0 fully saturated rings. The molecule has 1 N–H and O–H groups in total. The number of amides is 1. The predicted molar refractivity (Wildman–Crippen MR) is 114 cm³/mol. The van der Waals surface area contributed by atoms with Gasteiger partial charge in [0.05, 0.1) is 27.9 Å². The Bertz CT molecular complexity index is 739. The zero-order valence-corrected chi connectivity index (χ0v) is 18.0. The molecule has 0 bridgehead atoms. The first-order valence-electron chi connectivity index (χ1n) is 9.03. The van der Waals surface area contributed by atoms with Crippen molar-refractivity contribution in [3.05, 3.63) is 42.0 Å². The van der Waals surface area contributed by atoms with Gasteiger partial charge >= 0.3 is 0 Å². The molecule has 0 aliphatic carbocycles. The predicted octanol–water partition coefficient (Wildman–Crippen LogP) is 4.91. The summed E-state index contributed by atoms with van der Waals surface area (Å²) in [5.74, 6) is 1.73. The van der Waals surface area contributed by atoms with Gasteiger partial charge in [-0.15, -0.1) is 0 Å². The number of unbranched alkanes of at least 4 members (excludes halogenated alkanes) is 2. The van der Waals surface area contributed by atoms with E-state index in [9.17, 15) is 4.79 Å². The molecule has 0 heterocycles. The minimum absolute atomic E-state index is 0.304. The van der Waals surface area contributed by atoms with E-state index in [2.05, 4.69) is 21.2 Å². The van der Waals surface area contributed by atoms with E-state index in [0.717, 1.165) is 30.3 Å². The maximum atomic E-state index is 12.8. The number of ether oxygens (including phenoxy) is 4. The molecule has 0 saturated heterocycles. The van der Waals surface area contributed by atoms with Crippen molar-refractivity contribution in [2.75, 3.05) is 38.6 Å². The molecule has 2 aromatic carbocycles. The van der Waals surface area contributed by atoms with Crippen LogP contribution in [0, 0.1) is 0 Å². The second kappa shape index (κ2) is 11.4. The number of benzene rings is 2. The number of carbonyl (C=O) groups is 1. The van der Waals surface area contributed by atoms with E-state index >= 15 is 0 Å². The van der Waals surface area contributed by atoms with Crippen molar-refractivity contribution >= 4 is 27.5 Å². The number of methoxy groups -OCH3 is 3. The van der Waals surface area contributed by atoms with Crippen molar-refractivity contribution in [2.45, 2.75) is 19.3 Å². The number of nitrogens with one attached hydrogen (secondary N) is 1. The SMILES string of the molecule is COc1cc(OC)c(C(=O)Nc2ccc(OCCCCCBr)cc2)c(OC)c1. The fourth-order valence-electron chi connectivity index (χ4n) is 2.62. The minimum atomic E-state index is -0.334. The van der Waals surface area contributed by atoms with Crippen LogP contribution in [0.3, 0.4) is 0 Å². The molecule has 0 saturated carbocycles. The summed E-state index contributed by atoms with van der Waals surface area (Å²) in [6, 6.07) is 10.6. The van der Waals surface area contributed by atoms with Crippen LogP contribution < -0.4 is 24.3 Å². The van der Waals surface area contributed by atoms with Crippen LogP contribution in [-0.2, 0) is 0 Å². The topological polar surface area (TPSA) is 66.0 Å². The van der Waals surface area contributed by atoms with Crippen molar-refractivity contribution < 1.29 is 23.7 Å². The summed E-state index contributed by atoms with van der Waals surface area (Å²) in [7, 11) is 4.53. The van der Waals surface area contributed by atoms with E-state index in [-0.39, 0.29) is 5.91 Å². The molecule has 0 spiro atoms. The molecular formula is C21H26BrNO5. The summed E-state index contributed by atoms with van der Waals surface area (Å²) >= 11 is 3.42. The highest BCUT2D eigenvalue weighted by molar-refractivity contribution is 9.09. The molecule has 0 unspecified atom stereocenters. The quantitative estimate of drug-likeness (QED) is 0.388. The Morgan fingerprint density at radius 1 is 0.893 bits per heavy atom. The van der Waals surface area contributed by atoms with Crippen molar-refractivity contribution in [3.8, 4) is 23.0 Å². The van der Waals surface area contributed by atoms with Gasteiger partial charge in [0.25, 0.3) is 5.91 Å². The fraction of sp³-hybridized carbons (Fsp3) is 0.381. The van der Waals surface area contributed by atoms with Gasteiger partial charge in [0.1, 0.15) is 28.6 Å². The molecule has 152 valence electrons. The van der Waals surface area contributed by atoms with Crippen LogP contribution >= 0.6 is 15.9 Å². The van der Waals surface area contributed by atoms with Crippen LogP contribution in [0.2, 0.25) is 0 Å². The lowest BCUT2D eigenvalue weighted by molar-refractivity contribution is 0.102. The summed E-state index contributed by atoms with van der Waals surface area (Å²) in [4.78, 5) is 12.8. The second-order valence-electron chi connectivity index (χ2n) is 5.98. The van der Waals surface area contributed by atoms with Gasteiger partial charge in [-0.1, -0.05) is 15.9 Å². The standard InChI is InChI=1S/C21H26BrNO5/c1-25-17-13-18(26-2)20(19(14-17)27-3)21(24)23-15-7-9-16(10-8-15)28-12-6-4-5-11-22/h7-10,13-14H,4-6,11-12H2,1-3H3,(H,23,24). The van der Waals surface area contributed by atoms with Gasteiger partial charge in [0, 0.05) is 23.2 Å². The van der Waals surface area contributed by atoms with E-state index in [4.69, 9.17) is 18.9 Å². The normalized spacial score (nSPS) is 10.3. The lowest BCUT2D eigenvalue weighted by atomic mass is 10.1. The largest absolute Gasteiger partial charge is 0.496 e. The second-order valence-corrected chi connectivity index (χ2v) is 6.78. The molecule has 2 rings (SSSR count). The van der Waals surface area contributed by atoms with E-state index in [1.807, 2.05) is 12.1 Å². The van der Waals surface area contributed by atoms with Crippen LogP contribution in [-0.4, -0.2) is 39.2 Å². The molecule has 7 heteroatoms. The van der Waals surface area contributed by atoms with Crippen LogP contribution in [0.25, 0.3) is 0 Å². The maximum absolute atomic E-state index is 12.8. The first-order chi connectivity index (χ1) is 13.6. The third-order valence-electron chi connectivity index (χ3n) is 4.10. The molecule has 28 heavy (non-hydrogen) atoms. The van der Waals surface area contributed by atoms with Gasteiger partial charge in [0.15, 0.2) is 0 Å². The molecule has 0 atom stereocenters. The Kier molecular flexibility index (Phi) is 8.94. The van der Waals surface area contributed by atoms with Gasteiger partial charge < -0.3 is 24.3 Å². The lowest BCUT2D eigenvalue weighted by Gasteiger charge is -2.15. The Hall–Kier alpha value is -2.41. The summed E-state index contributed by atoms with van der Waals surface area (Å²) in [5.41, 5.74) is 0.953. The third kappa shape index (κ3) is 6.05. The zero-order chi connectivity index (χ0) is 20.4. The number of rotatable bonds is 11. The molecule has 0 radical (unpaired) electrons. The van der Waals surface area contributed by atoms with Gasteiger partial charge in [-0.2, -0.15) is 0 Å². The minimum Gasteiger partial charge on any atom is -0.496 e. The summed E-state index contributed by atoms with van der Waals surface area (Å²) < 4.78 is 21.6. The molecule has 2 aromatic rings. The number of alkyl halides is 1. The number of hydrogen-bond acceptors (Lipinski definition) is 5. The molecular weight excluding hydrogens is 426 g/mol. The highest BCUT2D eigenvalue weighted by Crippen LogP contribution is 2.34. The van der Waals surface area contributed by atoms with Crippen molar-refractivity contribution in [3.63, 3.8) is 0 Å². The van der Waals surface area contributed by atoms with Crippen molar-refractivity contribution in [1.82, 2.24) is 0 Å². The number of hydrogen-bond donors (Lipinski definition) is 1. The molecule has 0 aromatic heterocycles. The fourth-order valence-corrected chi connectivity index (χ4v) is 3.02. The lowest BCUT2D eigenvalue weighted by Crippen LogP contribution is -2.14. The van der Waals surface area contributed by atoms with E-state index in [1.165, 1.54) is 14.2 Å². The first-order valence-corrected chi connectivity index (χ1v) is 10.1. The van der Waals surface area contributed by atoms with Gasteiger partial charge in [0.2, 0.25) is 0 Å².